The molecule has 1 aliphatic heterocycles. The maximum absolute atomic E-state index is 12.1. The van der Waals surface area contributed by atoms with E-state index in [0.717, 1.165) is 0 Å². The molecule has 0 spiro atoms. The van der Waals surface area contributed by atoms with Crippen molar-refractivity contribution in [2.45, 2.75) is 44.8 Å². The Hall–Kier alpha value is -0.660. The van der Waals surface area contributed by atoms with Crippen LogP contribution < -0.4 is 4.72 Å². The number of carbonyl (C=O) groups is 1. The van der Waals surface area contributed by atoms with Crippen LogP contribution in [-0.2, 0) is 19.6 Å². The highest BCUT2D eigenvalue weighted by Gasteiger charge is 2.28. The first kappa shape index (κ1) is 17.4. The third-order valence-electron chi connectivity index (χ3n) is 3.45. The Morgan fingerprint density at radius 3 is 2.45 bits per heavy atom. The van der Waals surface area contributed by atoms with Gasteiger partial charge in [0.15, 0.2) is 0 Å². The van der Waals surface area contributed by atoms with E-state index in [2.05, 4.69) is 4.72 Å². The van der Waals surface area contributed by atoms with E-state index in [4.69, 9.17) is 9.84 Å². The van der Waals surface area contributed by atoms with Crippen LogP contribution in [0.1, 0.15) is 39.5 Å². The molecule has 6 nitrogen and oxygen atoms in total. The summed E-state index contributed by atoms with van der Waals surface area (Å²) in [6, 6.07) is 0. The van der Waals surface area contributed by atoms with Gasteiger partial charge in [-0.15, -0.1) is 0 Å². The number of carboxylic acid groups (broad SMARTS) is 1. The van der Waals surface area contributed by atoms with Gasteiger partial charge in [0.25, 0.3) is 0 Å². The maximum atomic E-state index is 12.1. The summed E-state index contributed by atoms with van der Waals surface area (Å²) in [5.41, 5.74) is 0. The molecule has 0 radical (unpaired) electrons. The Labute approximate surface area is 120 Å². The van der Waals surface area contributed by atoms with E-state index in [1.165, 1.54) is 0 Å². The zero-order valence-corrected chi connectivity index (χ0v) is 13.0. The van der Waals surface area contributed by atoms with Gasteiger partial charge in [-0.3, -0.25) is 4.79 Å². The van der Waals surface area contributed by atoms with Crippen LogP contribution in [-0.4, -0.2) is 44.5 Å². The van der Waals surface area contributed by atoms with Gasteiger partial charge in [-0.25, -0.2) is 13.1 Å². The number of sulfonamides is 1. The number of hydrogen-bond acceptors (Lipinski definition) is 4. The summed E-state index contributed by atoms with van der Waals surface area (Å²) >= 11 is 0. The number of rotatable bonds is 8. The fraction of sp³-hybridized carbons (Fsp3) is 0.923. The lowest BCUT2D eigenvalue weighted by Gasteiger charge is -2.24. The van der Waals surface area contributed by atoms with Crippen molar-refractivity contribution >= 4 is 16.0 Å². The Kier molecular flexibility index (Phi) is 6.91. The highest BCUT2D eigenvalue weighted by atomic mass is 32.2. The lowest BCUT2D eigenvalue weighted by molar-refractivity contribution is -0.138. The summed E-state index contributed by atoms with van der Waals surface area (Å²) in [6.45, 7) is 5.14. The molecular weight excluding hydrogens is 282 g/mol. The first-order valence-corrected chi connectivity index (χ1v) is 8.64. The average Bonchev–Trinajstić information content (AvgIpc) is 2.36. The second-order valence-corrected chi connectivity index (χ2v) is 7.84. The van der Waals surface area contributed by atoms with Gasteiger partial charge < -0.3 is 9.84 Å². The lowest BCUT2D eigenvalue weighted by atomic mass is 9.94. The summed E-state index contributed by atoms with van der Waals surface area (Å²) in [4.78, 5) is 10.8. The molecule has 0 bridgehead atoms. The minimum Gasteiger partial charge on any atom is -0.481 e. The van der Waals surface area contributed by atoms with Crippen LogP contribution in [0.4, 0.5) is 0 Å². The molecule has 20 heavy (non-hydrogen) atoms. The van der Waals surface area contributed by atoms with Crippen molar-refractivity contribution in [3.05, 3.63) is 0 Å². The number of hydrogen-bond donors (Lipinski definition) is 2. The molecule has 0 aliphatic carbocycles. The van der Waals surface area contributed by atoms with Crippen LogP contribution in [0.3, 0.4) is 0 Å². The molecule has 1 atom stereocenters. The molecule has 2 N–H and O–H groups in total. The van der Waals surface area contributed by atoms with Gasteiger partial charge >= 0.3 is 5.97 Å². The smallest absolute Gasteiger partial charge is 0.303 e. The summed E-state index contributed by atoms with van der Waals surface area (Å²) in [5.74, 6) is -0.713. The third kappa shape index (κ3) is 6.19. The van der Waals surface area contributed by atoms with Gasteiger partial charge in [0, 0.05) is 26.2 Å². The van der Waals surface area contributed by atoms with Crippen LogP contribution in [0.25, 0.3) is 0 Å². The molecule has 0 amide bonds. The van der Waals surface area contributed by atoms with Crippen molar-refractivity contribution in [3.63, 3.8) is 0 Å². The molecule has 1 heterocycles. The molecular formula is C13H25NO5S. The predicted octanol–water partition coefficient (Wildman–Crippen LogP) is 1.22. The van der Waals surface area contributed by atoms with E-state index in [1.807, 2.05) is 13.8 Å². The van der Waals surface area contributed by atoms with Crippen molar-refractivity contribution in [3.8, 4) is 0 Å². The molecule has 1 rings (SSSR count). The number of aliphatic carboxylic acids is 1. The molecule has 0 aromatic carbocycles. The topological polar surface area (TPSA) is 92.7 Å². The minimum absolute atomic E-state index is 0.00548. The standard InChI is InChI=1S/C13H25NO5S/c1-10(2)7-11(8-13(15)16)9-14-20(17,18)12-3-5-19-6-4-12/h10-12,14H,3-9H2,1-2H3,(H,15,16). The Morgan fingerprint density at radius 1 is 1.35 bits per heavy atom. The van der Waals surface area contributed by atoms with Crippen LogP contribution in [0.15, 0.2) is 0 Å². The number of carboxylic acids is 1. The molecule has 7 heteroatoms. The van der Waals surface area contributed by atoms with Crippen molar-refractivity contribution in [1.82, 2.24) is 4.72 Å². The second kappa shape index (κ2) is 7.95. The fourth-order valence-electron chi connectivity index (χ4n) is 2.49. The van der Waals surface area contributed by atoms with E-state index in [9.17, 15) is 13.2 Å². The first-order valence-electron chi connectivity index (χ1n) is 7.09. The molecule has 1 fully saturated rings. The zero-order chi connectivity index (χ0) is 15.2. The van der Waals surface area contributed by atoms with Crippen molar-refractivity contribution < 1.29 is 23.1 Å². The summed E-state index contributed by atoms with van der Waals surface area (Å²) in [5, 5.41) is 8.47. The molecule has 1 saturated heterocycles. The fourth-order valence-corrected chi connectivity index (χ4v) is 4.01. The molecule has 1 aliphatic rings. The van der Waals surface area contributed by atoms with E-state index >= 15 is 0 Å². The van der Waals surface area contributed by atoms with Crippen LogP contribution in [0.2, 0.25) is 0 Å². The van der Waals surface area contributed by atoms with Crippen LogP contribution >= 0.6 is 0 Å². The van der Waals surface area contributed by atoms with Gasteiger partial charge in [-0.2, -0.15) is 0 Å². The zero-order valence-electron chi connectivity index (χ0n) is 12.2. The monoisotopic (exact) mass is 307 g/mol. The quantitative estimate of drug-likeness (QED) is 0.703. The predicted molar refractivity (Wildman–Crippen MR) is 76.0 cm³/mol. The van der Waals surface area contributed by atoms with E-state index < -0.39 is 21.2 Å². The van der Waals surface area contributed by atoms with Crippen molar-refractivity contribution in [2.24, 2.45) is 11.8 Å². The normalized spacial score (nSPS) is 19.1. The Morgan fingerprint density at radius 2 is 1.95 bits per heavy atom. The van der Waals surface area contributed by atoms with Crippen LogP contribution in [0.5, 0.6) is 0 Å². The number of nitrogens with one attached hydrogen (secondary N) is 1. The maximum Gasteiger partial charge on any atom is 0.303 e. The van der Waals surface area contributed by atoms with E-state index in [0.29, 0.717) is 38.4 Å². The minimum atomic E-state index is -3.37. The van der Waals surface area contributed by atoms with Crippen molar-refractivity contribution in [2.75, 3.05) is 19.8 Å². The summed E-state index contributed by atoms with van der Waals surface area (Å²) < 4.78 is 32.0. The van der Waals surface area contributed by atoms with E-state index in [-0.39, 0.29) is 18.9 Å². The van der Waals surface area contributed by atoms with Gasteiger partial charge in [0.05, 0.1) is 5.25 Å². The Bertz CT molecular complexity index is 401. The first-order chi connectivity index (χ1) is 9.31. The van der Waals surface area contributed by atoms with Crippen molar-refractivity contribution in [1.29, 1.82) is 0 Å². The molecule has 0 saturated carbocycles. The summed E-state index contributed by atoms with van der Waals surface area (Å²) in [7, 11) is -3.37. The average molecular weight is 307 g/mol. The van der Waals surface area contributed by atoms with Gasteiger partial charge in [0.2, 0.25) is 10.0 Å². The van der Waals surface area contributed by atoms with E-state index in [1.54, 1.807) is 0 Å². The molecule has 1 unspecified atom stereocenters. The second-order valence-electron chi connectivity index (χ2n) is 5.80. The Balaban J connectivity index is 2.53. The largest absolute Gasteiger partial charge is 0.481 e. The third-order valence-corrected chi connectivity index (χ3v) is 5.37. The highest BCUT2D eigenvalue weighted by molar-refractivity contribution is 7.90. The molecule has 118 valence electrons. The van der Waals surface area contributed by atoms with Gasteiger partial charge in [0.1, 0.15) is 0 Å². The highest BCUT2D eigenvalue weighted by Crippen LogP contribution is 2.18. The molecule has 0 aromatic heterocycles. The van der Waals surface area contributed by atoms with Crippen LogP contribution in [0, 0.1) is 11.8 Å². The lowest BCUT2D eigenvalue weighted by Crippen LogP contribution is -2.40. The van der Waals surface area contributed by atoms with Gasteiger partial charge in [-0.1, -0.05) is 13.8 Å². The van der Waals surface area contributed by atoms with Gasteiger partial charge in [-0.05, 0) is 31.1 Å². The summed E-state index contributed by atoms with van der Waals surface area (Å²) in [6.07, 6.45) is 1.70. The number of ether oxygens (including phenoxy) is 1. The SMILES string of the molecule is CC(C)CC(CNS(=O)(=O)C1CCOCC1)CC(=O)O. The molecule has 0 aromatic rings.